The maximum absolute atomic E-state index is 2.26. The van der Waals surface area contributed by atoms with Crippen molar-refractivity contribution in [3.63, 3.8) is 0 Å². The van der Waals surface area contributed by atoms with Crippen LogP contribution in [-0.2, 0) is 0 Å². The Bertz CT molecular complexity index is 182. The van der Waals surface area contributed by atoms with Crippen LogP contribution >= 0.6 is 11.9 Å². The first-order valence-corrected chi connectivity index (χ1v) is 4.80. The summed E-state index contributed by atoms with van der Waals surface area (Å²) in [5.74, 6) is 0. The van der Waals surface area contributed by atoms with E-state index in [1.165, 1.54) is 5.57 Å². The third kappa shape index (κ3) is 3.02. The van der Waals surface area contributed by atoms with E-state index in [0.717, 1.165) is 6.54 Å². The molecular formula is C9H15NS. The first-order valence-electron chi connectivity index (χ1n) is 3.97. The molecule has 0 saturated carbocycles. The molecular weight excluding hydrogens is 154 g/mol. The fraction of sp³-hybridized carbons (Fsp3) is 0.556. The molecule has 0 unspecified atom stereocenters. The third-order valence-corrected chi connectivity index (χ3v) is 2.41. The highest BCUT2D eigenvalue weighted by Crippen LogP contribution is 2.19. The Morgan fingerprint density at radius 1 is 1.55 bits per heavy atom. The van der Waals surface area contributed by atoms with Crippen molar-refractivity contribution in [3.05, 3.63) is 23.9 Å². The summed E-state index contributed by atoms with van der Waals surface area (Å²) < 4.78 is 2.26. The summed E-state index contributed by atoms with van der Waals surface area (Å²) in [5.41, 5.74) is 1.37. The molecule has 0 atom stereocenters. The van der Waals surface area contributed by atoms with E-state index in [1.807, 2.05) is 11.9 Å². The molecule has 0 amide bonds. The minimum Gasteiger partial charge on any atom is -0.319 e. The van der Waals surface area contributed by atoms with E-state index < -0.39 is 0 Å². The maximum atomic E-state index is 2.26. The van der Waals surface area contributed by atoms with Crippen LogP contribution in [0.25, 0.3) is 0 Å². The van der Waals surface area contributed by atoms with Gasteiger partial charge in [-0.1, -0.05) is 25.5 Å². The molecule has 0 aliphatic carbocycles. The van der Waals surface area contributed by atoms with E-state index in [-0.39, 0.29) is 0 Å². The molecule has 1 rings (SSSR count). The topological polar surface area (TPSA) is 3.24 Å². The second kappa shape index (κ2) is 3.86. The number of allylic oxidation sites excluding steroid dienone is 2. The average molecular weight is 169 g/mol. The molecule has 0 N–H and O–H groups in total. The van der Waals surface area contributed by atoms with Gasteiger partial charge in [0.2, 0.25) is 0 Å². The molecule has 0 radical (unpaired) electrons. The average Bonchev–Trinajstić information content (AvgIpc) is 1.93. The molecule has 1 aliphatic heterocycles. The lowest BCUT2D eigenvalue weighted by Gasteiger charge is -2.22. The molecule has 2 heteroatoms. The Hall–Kier alpha value is -0.370. The number of hydrogen-bond acceptors (Lipinski definition) is 2. The van der Waals surface area contributed by atoms with E-state index in [9.17, 15) is 0 Å². The van der Waals surface area contributed by atoms with Gasteiger partial charge < -0.3 is 4.31 Å². The van der Waals surface area contributed by atoms with Crippen molar-refractivity contribution in [2.75, 3.05) is 6.54 Å². The molecule has 0 saturated heterocycles. The van der Waals surface area contributed by atoms with Gasteiger partial charge in [-0.25, -0.2) is 0 Å². The third-order valence-electron chi connectivity index (χ3n) is 1.44. The number of rotatable bonds is 2. The highest BCUT2D eigenvalue weighted by atomic mass is 32.2. The van der Waals surface area contributed by atoms with E-state index in [0.29, 0.717) is 5.25 Å². The molecule has 0 fully saturated rings. The van der Waals surface area contributed by atoms with Gasteiger partial charge in [-0.3, -0.25) is 0 Å². The van der Waals surface area contributed by atoms with Crippen molar-refractivity contribution in [1.82, 2.24) is 4.31 Å². The number of nitrogens with zero attached hydrogens (tertiary/aromatic N) is 1. The van der Waals surface area contributed by atoms with Crippen molar-refractivity contribution < 1.29 is 0 Å². The Balaban J connectivity index is 2.37. The van der Waals surface area contributed by atoms with Crippen LogP contribution in [0.15, 0.2) is 23.9 Å². The fourth-order valence-electron chi connectivity index (χ4n) is 0.913. The van der Waals surface area contributed by atoms with Crippen molar-refractivity contribution in [1.29, 1.82) is 0 Å². The summed E-state index contributed by atoms with van der Waals surface area (Å²) in [5, 5.41) is 0.673. The van der Waals surface area contributed by atoms with Crippen LogP contribution in [0.3, 0.4) is 0 Å². The Morgan fingerprint density at radius 2 is 2.27 bits per heavy atom. The molecule has 0 aromatic carbocycles. The molecule has 1 heterocycles. The van der Waals surface area contributed by atoms with Gasteiger partial charge in [0.25, 0.3) is 0 Å². The zero-order chi connectivity index (χ0) is 8.27. The van der Waals surface area contributed by atoms with Gasteiger partial charge in [0, 0.05) is 18.0 Å². The Kier molecular flexibility index (Phi) is 3.06. The molecule has 1 nitrogen and oxygen atoms in total. The first kappa shape index (κ1) is 8.72. The maximum Gasteiger partial charge on any atom is 0.0475 e. The lowest BCUT2D eigenvalue weighted by Crippen LogP contribution is -2.13. The second-order valence-electron chi connectivity index (χ2n) is 3.02. The van der Waals surface area contributed by atoms with E-state index in [4.69, 9.17) is 0 Å². The monoisotopic (exact) mass is 169 g/mol. The zero-order valence-electron chi connectivity index (χ0n) is 7.37. The quantitative estimate of drug-likeness (QED) is 0.585. The van der Waals surface area contributed by atoms with Gasteiger partial charge in [-0.2, -0.15) is 0 Å². The molecule has 0 aromatic rings. The summed E-state index contributed by atoms with van der Waals surface area (Å²) in [6.45, 7) is 7.60. The van der Waals surface area contributed by atoms with Gasteiger partial charge in [0.15, 0.2) is 0 Å². The molecule has 0 bridgehead atoms. The van der Waals surface area contributed by atoms with Gasteiger partial charge >= 0.3 is 0 Å². The molecule has 62 valence electrons. The summed E-state index contributed by atoms with van der Waals surface area (Å²) in [7, 11) is 0. The minimum atomic E-state index is 0.673. The van der Waals surface area contributed by atoms with E-state index in [1.54, 1.807) is 0 Å². The standard InChI is InChI=1S/C9H15NS/c1-8(2)11-10-6-4-9(3)5-7-10/h4-6,8H,7H2,1-3H3. The molecule has 0 aromatic heterocycles. The smallest absolute Gasteiger partial charge is 0.0475 e. The Morgan fingerprint density at radius 3 is 2.73 bits per heavy atom. The van der Waals surface area contributed by atoms with Gasteiger partial charge in [0.1, 0.15) is 0 Å². The number of hydrogen-bond donors (Lipinski definition) is 0. The van der Waals surface area contributed by atoms with Gasteiger partial charge in [-0.05, 0) is 24.9 Å². The SMILES string of the molecule is CC1=CCN(SC(C)C)C=C1. The van der Waals surface area contributed by atoms with Crippen LogP contribution in [0.2, 0.25) is 0 Å². The van der Waals surface area contributed by atoms with Crippen molar-refractivity contribution >= 4 is 11.9 Å². The lowest BCUT2D eigenvalue weighted by atomic mass is 10.2. The second-order valence-corrected chi connectivity index (χ2v) is 4.64. The highest BCUT2D eigenvalue weighted by molar-refractivity contribution is 7.97. The summed E-state index contributed by atoms with van der Waals surface area (Å²) in [6, 6.07) is 0. The van der Waals surface area contributed by atoms with Crippen molar-refractivity contribution in [2.24, 2.45) is 0 Å². The van der Waals surface area contributed by atoms with Crippen LogP contribution in [0.1, 0.15) is 20.8 Å². The van der Waals surface area contributed by atoms with Crippen LogP contribution in [0, 0.1) is 0 Å². The van der Waals surface area contributed by atoms with Gasteiger partial charge in [-0.15, -0.1) is 0 Å². The highest BCUT2D eigenvalue weighted by Gasteiger charge is 2.04. The van der Waals surface area contributed by atoms with Crippen LogP contribution in [0.4, 0.5) is 0 Å². The summed E-state index contributed by atoms with van der Waals surface area (Å²) in [4.78, 5) is 0. The largest absolute Gasteiger partial charge is 0.319 e. The fourth-order valence-corrected chi connectivity index (χ4v) is 1.75. The normalized spacial score (nSPS) is 17.5. The Labute approximate surface area is 73.3 Å². The van der Waals surface area contributed by atoms with Crippen molar-refractivity contribution in [3.8, 4) is 0 Å². The van der Waals surface area contributed by atoms with Crippen LogP contribution in [-0.4, -0.2) is 16.1 Å². The van der Waals surface area contributed by atoms with Crippen molar-refractivity contribution in [2.45, 2.75) is 26.0 Å². The molecule has 1 aliphatic rings. The first-order chi connectivity index (χ1) is 5.18. The van der Waals surface area contributed by atoms with Crippen LogP contribution < -0.4 is 0 Å². The predicted molar refractivity (Wildman–Crippen MR) is 52.3 cm³/mol. The lowest BCUT2D eigenvalue weighted by molar-refractivity contribution is 0.679. The van der Waals surface area contributed by atoms with Gasteiger partial charge in [0.05, 0.1) is 0 Å². The zero-order valence-corrected chi connectivity index (χ0v) is 8.19. The van der Waals surface area contributed by atoms with E-state index >= 15 is 0 Å². The molecule has 0 spiro atoms. The summed E-state index contributed by atoms with van der Waals surface area (Å²) in [6.07, 6.45) is 6.55. The minimum absolute atomic E-state index is 0.673. The summed E-state index contributed by atoms with van der Waals surface area (Å²) >= 11 is 1.88. The molecule has 11 heavy (non-hydrogen) atoms. The van der Waals surface area contributed by atoms with E-state index in [2.05, 4.69) is 43.4 Å². The van der Waals surface area contributed by atoms with Crippen LogP contribution in [0.5, 0.6) is 0 Å². The predicted octanol–water partition coefficient (Wildman–Crippen LogP) is 2.82.